The van der Waals surface area contributed by atoms with E-state index in [1.807, 2.05) is 43.5 Å². The number of nitrogens with zero attached hydrogens (tertiary/aromatic N) is 2. The maximum Gasteiger partial charge on any atom is 0.103 e. The van der Waals surface area contributed by atoms with Gasteiger partial charge in [-0.15, -0.1) is 11.8 Å². The van der Waals surface area contributed by atoms with Crippen molar-refractivity contribution in [2.45, 2.75) is 11.8 Å². The molecule has 1 aromatic carbocycles. The quantitative estimate of drug-likeness (QED) is 0.849. The van der Waals surface area contributed by atoms with Gasteiger partial charge in [-0.2, -0.15) is 5.26 Å². The number of hydrogen-bond acceptors (Lipinski definition) is 4. The van der Waals surface area contributed by atoms with E-state index < -0.39 is 0 Å². The van der Waals surface area contributed by atoms with E-state index in [9.17, 15) is 5.26 Å². The number of aromatic nitrogens is 1. The van der Waals surface area contributed by atoms with Crippen molar-refractivity contribution in [3.05, 3.63) is 47.8 Å². The van der Waals surface area contributed by atoms with Gasteiger partial charge in [0.1, 0.15) is 6.07 Å². The lowest BCUT2D eigenvalue weighted by Crippen LogP contribution is -1.97. The monoisotopic (exact) mass is 255 g/mol. The summed E-state index contributed by atoms with van der Waals surface area (Å²) in [6, 6.07) is 11.9. The van der Waals surface area contributed by atoms with Gasteiger partial charge in [-0.1, -0.05) is 6.07 Å². The van der Waals surface area contributed by atoms with E-state index in [-0.39, 0.29) is 0 Å². The minimum atomic E-state index is 0.674. The van der Waals surface area contributed by atoms with Gasteiger partial charge in [0.05, 0.1) is 22.6 Å². The summed E-state index contributed by atoms with van der Waals surface area (Å²) in [6.07, 6.45) is 3.72. The second-order valence-corrected chi connectivity index (χ2v) is 4.60. The van der Waals surface area contributed by atoms with Gasteiger partial charge in [-0.05, 0) is 37.4 Å². The highest BCUT2D eigenvalue weighted by molar-refractivity contribution is 7.98. The van der Waals surface area contributed by atoms with Crippen molar-refractivity contribution in [1.82, 2.24) is 4.98 Å². The highest BCUT2D eigenvalue weighted by Gasteiger charge is 2.08. The Morgan fingerprint density at radius 1 is 1.22 bits per heavy atom. The van der Waals surface area contributed by atoms with Crippen molar-refractivity contribution in [1.29, 1.82) is 5.26 Å². The van der Waals surface area contributed by atoms with Gasteiger partial charge in [-0.3, -0.25) is 4.98 Å². The highest BCUT2D eigenvalue weighted by Crippen LogP contribution is 2.29. The summed E-state index contributed by atoms with van der Waals surface area (Å²) in [5, 5.41) is 12.5. The van der Waals surface area contributed by atoms with E-state index in [1.165, 1.54) is 0 Å². The Labute approximate surface area is 111 Å². The number of nitriles is 1. The second kappa shape index (κ2) is 5.56. The zero-order valence-corrected chi connectivity index (χ0v) is 11.1. The van der Waals surface area contributed by atoms with E-state index >= 15 is 0 Å². The molecule has 0 fully saturated rings. The second-order valence-electron chi connectivity index (χ2n) is 3.76. The first-order valence-electron chi connectivity index (χ1n) is 5.52. The molecule has 0 aliphatic rings. The SMILES string of the molecule is CSc1cccc(Nc2cccnc2C)c1C#N. The third kappa shape index (κ3) is 2.47. The Balaban J connectivity index is 2.42. The molecule has 0 radical (unpaired) electrons. The van der Waals surface area contributed by atoms with Crippen LogP contribution in [-0.4, -0.2) is 11.2 Å². The van der Waals surface area contributed by atoms with Crippen LogP contribution >= 0.6 is 11.8 Å². The Morgan fingerprint density at radius 3 is 2.67 bits per heavy atom. The number of nitrogens with one attached hydrogen (secondary N) is 1. The summed E-state index contributed by atoms with van der Waals surface area (Å²) in [5.74, 6) is 0. The fourth-order valence-corrected chi connectivity index (χ4v) is 2.26. The molecule has 0 aliphatic heterocycles. The molecule has 0 atom stereocenters. The van der Waals surface area contributed by atoms with Crippen molar-refractivity contribution < 1.29 is 0 Å². The van der Waals surface area contributed by atoms with Crippen molar-refractivity contribution in [2.75, 3.05) is 11.6 Å². The third-order valence-electron chi connectivity index (χ3n) is 2.63. The van der Waals surface area contributed by atoms with E-state index in [4.69, 9.17) is 0 Å². The van der Waals surface area contributed by atoms with Crippen LogP contribution in [0.25, 0.3) is 0 Å². The molecule has 0 unspecified atom stereocenters. The summed E-state index contributed by atoms with van der Waals surface area (Å²) in [6.45, 7) is 1.94. The third-order valence-corrected chi connectivity index (χ3v) is 3.41. The maximum atomic E-state index is 9.26. The molecule has 0 saturated carbocycles. The molecule has 0 spiro atoms. The van der Waals surface area contributed by atoms with E-state index in [0.29, 0.717) is 5.56 Å². The van der Waals surface area contributed by atoms with Crippen molar-refractivity contribution in [2.24, 2.45) is 0 Å². The normalized spacial score (nSPS) is 9.83. The molecule has 0 saturated heterocycles. The molecule has 1 heterocycles. The van der Waals surface area contributed by atoms with Gasteiger partial charge in [0.2, 0.25) is 0 Å². The predicted molar refractivity (Wildman–Crippen MR) is 75.2 cm³/mol. The van der Waals surface area contributed by atoms with Crippen LogP contribution in [0.2, 0.25) is 0 Å². The van der Waals surface area contributed by atoms with Crippen molar-refractivity contribution in [3.8, 4) is 6.07 Å². The smallest absolute Gasteiger partial charge is 0.103 e. The summed E-state index contributed by atoms with van der Waals surface area (Å²) < 4.78 is 0. The molecular weight excluding hydrogens is 242 g/mol. The summed E-state index contributed by atoms with van der Waals surface area (Å²) in [5.41, 5.74) is 3.33. The molecule has 0 amide bonds. The Kier molecular flexibility index (Phi) is 3.85. The van der Waals surface area contributed by atoms with Crippen LogP contribution < -0.4 is 5.32 Å². The minimum absolute atomic E-state index is 0.674. The first-order valence-corrected chi connectivity index (χ1v) is 6.74. The van der Waals surface area contributed by atoms with Crippen LogP contribution in [0.5, 0.6) is 0 Å². The lowest BCUT2D eigenvalue weighted by molar-refractivity contribution is 1.20. The Bertz CT molecular complexity index is 602. The number of thioether (sulfide) groups is 1. The Morgan fingerprint density at radius 2 is 2.00 bits per heavy atom. The number of anilines is 2. The summed E-state index contributed by atoms with van der Waals surface area (Å²) in [4.78, 5) is 5.20. The number of aryl methyl sites for hydroxylation is 1. The molecule has 3 nitrogen and oxygen atoms in total. The zero-order valence-electron chi connectivity index (χ0n) is 10.3. The number of hydrogen-bond donors (Lipinski definition) is 1. The van der Waals surface area contributed by atoms with Crippen molar-refractivity contribution >= 4 is 23.1 Å². The lowest BCUT2D eigenvalue weighted by atomic mass is 10.2. The molecule has 1 N–H and O–H groups in total. The molecular formula is C14H13N3S. The fraction of sp³-hybridized carbons (Fsp3) is 0.143. The molecule has 1 aromatic heterocycles. The van der Waals surface area contributed by atoms with E-state index in [0.717, 1.165) is 22.0 Å². The zero-order chi connectivity index (χ0) is 13.0. The molecule has 2 aromatic rings. The molecule has 0 bridgehead atoms. The predicted octanol–water partition coefficient (Wildman–Crippen LogP) is 3.73. The summed E-state index contributed by atoms with van der Waals surface area (Å²) >= 11 is 1.57. The van der Waals surface area contributed by atoms with Crippen LogP contribution in [0, 0.1) is 18.3 Å². The van der Waals surface area contributed by atoms with Crippen LogP contribution in [0.15, 0.2) is 41.4 Å². The van der Waals surface area contributed by atoms with Crippen LogP contribution in [0.4, 0.5) is 11.4 Å². The van der Waals surface area contributed by atoms with E-state index in [2.05, 4.69) is 16.4 Å². The maximum absolute atomic E-state index is 9.26. The Hall–Kier alpha value is -1.99. The van der Waals surface area contributed by atoms with E-state index in [1.54, 1.807) is 18.0 Å². The first-order chi connectivity index (χ1) is 8.76. The lowest BCUT2D eigenvalue weighted by Gasteiger charge is -2.11. The average molecular weight is 255 g/mol. The van der Waals surface area contributed by atoms with Crippen molar-refractivity contribution in [3.63, 3.8) is 0 Å². The molecule has 90 valence electrons. The molecule has 4 heteroatoms. The molecule has 0 aliphatic carbocycles. The number of benzene rings is 1. The molecule has 18 heavy (non-hydrogen) atoms. The first kappa shape index (κ1) is 12.5. The largest absolute Gasteiger partial charge is 0.353 e. The van der Waals surface area contributed by atoms with Crippen LogP contribution in [0.1, 0.15) is 11.3 Å². The minimum Gasteiger partial charge on any atom is -0.353 e. The van der Waals surface area contributed by atoms with Gasteiger partial charge in [0, 0.05) is 11.1 Å². The number of pyridine rings is 1. The van der Waals surface area contributed by atoms with Gasteiger partial charge >= 0.3 is 0 Å². The molecule has 2 rings (SSSR count). The van der Waals surface area contributed by atoms with Gasteiger partial charge in [0.25, 0.3) is 0 Å². The van der Waals surface area contributed by atoms with Crippen LogP contribution in [0.3, 0.4) is 0 Å². The summed E-state index contributed by atoms with van der Waals surface area (Å²) in [7, 11) is 0. The van der Waals surface area contributed by atoms with Gasteiger partial charge in [-0.25, -0.2) is 0 Å². The highest BCUT2D eigenvalue weighted by atomic mass is 32.2. The van der Waals surface area contributed by atoms with Gasteiger partial charge in [0.15, 0.2) is 0 Å². The average Bonchev–Trinajstić information content (AvgIpc) is 2.41. The topological polar surface area (TPSA) is 48.7 Å². The fourth-order valence-electron chi connectivity index (χ4n) is 1.68. The van der Waals surface area contributed by atoms with Gasteiger partial charge < -0.3 is 5.32 Å². The van der Waals surface area contributed by atoms with Crippen LogP contribution in [-0.2, 0) is 0 Å². The number of rotatable bonds is 3. The standard InChI is InChI=1S/C14H13N3S/c1-10-12(6-4-8-16-10)17-13-5-3-7-14(18-2)11(13)9-15/h3-8,17H,1-2H3.